The molecule has 1 aromatic rings. The Kier molecular flexibility index (Phi) is 86.8. The van der Waals surface area contributed by atoms with Gasteiger partial charge in [0.25, 0.3) is 0 Å². The Balaban J connectivity index is -0.000000139. The molecule has 0 aliphatic carbocycles. The Labute approximate surface area is 670 Å². The van der Waals surface area contributed by atoms with Crippen molar-refractivity contribution in [3.63, 3.8) is 0 Å². The van der Waals surface area contributed by atoms with Gasteiger partial charge in [-0.2, -0.15) is 0 Å². The fourth-order valence-electron chi connectivity index (χ4n) is 11.2. The summed E-state index contributed by atoms with van der Waals surface area (Å²) >= 11 is 0. The first-order valence-corrected chi connectivity index (χ1v) is 49.3. The second-order valence-corrected chi connectivity index (χ2v) is 36.9. The summed E-state index contributed by atoms with van der Waals surface area (Å²) in [6, 6.07) is 14.5. The number of hydrazine groups is 1. The minimum atomic E-state index is -2.75. The first-order chi connectivity index (χ1) is 49.7. The first kappa shape index (κ1) is 123. The van der Waals surface area contributed by atoms with Crippen molar-refractivity contribution in [2.45, 2.75) is 368 Å². The number of para-hydroxylation sites is 1. The number of hydrogen-bond donors (Lipinski definition) is 0. The molecule has 0 bridgehead atoms. The number of likely N-dealkylation sites (tertiary alicyclic amines) is 3. The highest BCUT2D eigenvalue weighted by atomic mass is 32.2. The van der Waals surface area contributed by atoms with Crippen molar-refractivity contribution in [2.24, 2.45) is 0 Å². The summed E-state index contributed by atoms with van der Waals surface area (Å²) in [5.74, 6) is 6.51. The average Bonchev–Trinajstić information content (AvgIpc) is 1.89. The molecule has 106 heavy (non-hydrogen) atoms. The van der Waals surface area contributed by atoms with Gasteiger partial charge in [-0.3, -0.25) is 28.7 Å². The number of rotatable bonds is 8. The first-order valence-electron chi connectivity index (χ1n) is 43.6. The molecule has 0 saturated carbocycles. The Morgan fingerprint density at radius 2 is 0.642 bits per heavy atom. The number of anilines is 1. The zero-order chi connectivity index (χ0) is 85.2. The third-order valence-corrected chi connectivity index (χ3v) is 23.1. The van der Waals surface area contributed by atoms with E-state index in [0.717, 1.165) is 49.6 Å². The average molecular weight is 1570 g/mol. The zero-order valence-corrected chi connectivity index (χ0v) is 82.0. The lowest BCUT2D eigenvalue weighted by Gasteiger charge is -2.41. The molecule has 0 spiro atoms. The predicted molar refractivity (Wildman–Crippen MR) is 490 cm³/mol. The van der Waals surface area contributed by atoms with Gasteiger partial charge in [0.2, 0.25) is 0 Å². The molecule has 8 heterocycles. The Morgan fingerprint density at radius 1 is 0.340 bits per heavy atom. The third-order valence-electron chi connectivity index (χ3n) is 18.1. The molecule has 19 heteroatoms. The standard InChI is InChI=1S/C10H15N.C9H20N2.C9H19N.C8H17NOS.C7H16N2.C7H15NO2S.C7H15N.C6H13NO2S.C6H13N.9C2H6/c1-9(2)11(3)10-7-5-4-6-8-10;1-9(2,3)11-7-5-10(4)6-8-11;1-9(2,3)10-7-5-4-6-8-10;1-8(2)9-4-6-11(3,10)7-5-9;1-7(2)9-6-4-5-8(9)3;1-7(2)8-4-3-5-11(9,10)6-8;1-7(2)8-5-3-4-6-8;1-6(2)7-3-4-10(8,9)5-7;1-6(2)7-4-3-5-7;9*1-2/h4-9H,1-3H3;5-8H2,1-4H3;4-8H2,1-3H3;8H,3-7H2,1-2H3;7H,4-6H2,1-3H3;7H,3-6H2,1-2H3;7H,3-6H2,1-2H3;6H,3-5H2,1-2H3;6H,3-5H2,1-2H3;9*1-2H3. The maximum Gasteiger partial charge on any atom is 0.164 e. The summed E-state index contributed by atoms with van der Waals surface area (Å²) in [6.07, 6.45) is 10.6. The molecule has 0 radical (unpaired) electrons. The summed E-state index contributed by atoms with van der Waals surface area (Å²) in [5.41, 5.74) is 2.05. The van der Waals surface area contributed by atoms with Crippen molar-refractivity contribution in [3.05, 3.63) is 30.3 Å². The van der Waals surface area contributed by atoms with Gasteiger partial charge in [-0.15, -0.1) is 0 Å². The van der Waals surface area contributed by atoms with Crippen LogP contribution in [0.2, 0.25) is 0 Å². The smallest absolute Gasteiger partial charge is 0.164 e. The molecule has 0 amide bonds. The van der Waals surface area contributed by atoms with E-state index in [9.17, 15) is 21.0 Å². The molecule has 648 valence electrons. The van der Waals surface area contributed by atoms with Crippen molar-refractivity contribution in [1.82, 2.24) is 49.2 Å². The van der Waals surface area contributed by atoms with Crippen molar-refractivity contribution in [2.75, 3.05) is 166 Å². The van der Waals surface area contributed by atoms with E-state index in [4.69, 9.17) is 0 Å². The van der Waals surface area contributed by atoms with Gasteiger partial charge in [-0.25, -0.2) is 26.9 Å². The minimum Gasteiger partial charge on any atom is -0.372 e. The van der Waals surface area contributed by atoms with Crippen LogP contribution in [0.4, 0.5) is 5.69 Å². The van der Waals surface area contributed by atoms with Gasteiger partial charge >= 0.3 is 0 Å². The molecule has 8 aliphatic heterocycles. The molecule has 0 aromatic heterocycles. The number of sulfone groups is 2. The second kappa shape index (κ2) is 74.9. The highest BCUT2D eigenvalue weighted by molar-refractivity contribution is 8.00. The number of piperidine rings is 1. The highest BCUT2D eigenvalue weighted by Crippen LogP contribution is 2.20. The molecule has 8 aliphatic rings. The number of benzene rings is 1. The van der Waals surface area contributed by atoms with Gasteiger partial charge in [0.1, 0.15) is 11.8 Å². The van der Waals surface area contributed by atoms with E-state index in [0.29, 0.717) is 59.3 Å². The van der Waals surface area contributed by atoms with Crippen LogP contribution in [0, 0.1) is 0 Å². The Morgan fingerprint density at radius 3 is 0.887 bits per heavy atom. The topological polar surface area (TPSA) is 121 Å². The van der Waals surface area contributed by atoms with Crippen LogP contribution in [-0.2, 0) is 29.2 Å². The molecule has 9 rings (SSSR count). The lowest BCUT2D eigenvalue weighted by Crippen LogP contribution is -2.52. The Hall–Kier alpha value is -1.46. The van der Waals surface area contributed by atoms with Gasteiger partial charge in [0.05, 0.1) is 11.5 Å². The number of likely N-dealkylation sites (N-methyl/N-ethyl adjacent to an activating group) is 1. The molecular formula is C87H197N11O5S3. The van der Waals surface area contributed by atoms with E-state index < -0.39 is 29.2 Å². The summed E-state index contributed by atoms with van der Waals surface area (Å²) in [7, 11) is -0.691. The fourth-order valence-corrected chi connectivity index (χ4v) is 15.7. The quantitative estimate of drug-likeness (QED) is 0.229. The molecule has 0 N–H and O–H groups in total. The lowest BCUT2D eigenvalue weighted by atomic mass is 10.0. The molecule has 8 saturated heterocycles. The summed E-state index contributed by atoms with van der Waals surface area (Å²) in [6.45, 7) is 99.0. The summed E-state index contributed by atoms with van der Waals surface area (Å²) in [4.78, 5) is 21.1. The van der Waals surface area contributed by atoms with E-state index in [1.165, 1.54) is 129 Å². The Bertz CT molecular complexity index is 2260. The van der Waals surface area contributed by atoms with Crippen molar-refractivity contribution >= 4 is 40.8 Å². The van der Waals surface area contributed by atoms with Crippen LogP contribution in [0.15, 0.2) is 30.3 Å². The highest BCUT2D eigenvalue weighted by Gasteiger charge is 2.28. The van der Waals surface area contributed by atoms with Crippen LogP contribution < -0.4 is 4.90 Å². The molecule has 0 atom stereocenters. The molecule has 16 nitrogen and oxygen atoms in total. The van der Waals surface area contributed by atoms with Crippen molar-refractivity contribution < 1.29 is 21.0 Å². The number of hydrogen-bond acceptors (Lipinski definition) is 16. The number of piperazine rings is 1. The van der Waals surface area contributed by atoms with E-state index in [1.807, 2.05) is 168 Å². The van der Waals surface area contributed by atoms with E-state index >= 15 is 0 Å². The van der Waals surface area contributed by atoms with Gasteiger partial charge in [0, 0.05) is 150 Å². The largest absolute Gasteiger partial charge is 0.372 e. The molecule has 0 unspecified atom stereocenters. The van der Waals surface area contributed by atoms with Gasteiger partial charge < -0.3 is 19.6 Å². The van der Waals surface area contributed by atoms with Crippen LogP contribution in [0.25, 0.3) is 0 Å². The van der Waals surface area contributed by atoms with Crippen molar-refractivity contribution in [1.29, 1.82) is 0 Å². The van der Waals surface area contributed by atoms with Crippen LogP contribution >= 0.6 is 0 Å². The zero-order valence-electron chi connectivity index (χ0n) is 79.5. The minimum absolute atomic E-state index is 0.255. The van der Waals surface area contributed by atoms with Crippen LogP contribution in [-0.4, -0.2) is 290 Å². The van der Waals surface area contributed by atoms with Crippen LogP contribution in [0.5, 0.6) is 0 Å². The lowest BCUT2D eigenvalue weighted by molar-refractivity contribution is 0.0242. The number of nitrogens with zero attached hydrogens (tertiary/aromatic N) is 11. The molecular weight excluding hydrogens is 1380 g/mol. The van der Waals surface area contributed by atoms with Gasteiger partial charge in [-0.05, 0) is 257 Å². The predicted octanol–water partition coefficient (Wildman–Crippen LogP) is 19.6. The summed E-state index contributed by atoms with van der Waals surface area (Å²) in [5, 5.41) is 4.71. The van der Waals surface area contributed by atoms with Crippen LogP contribution in [0.3, 0.4) is 0 Å². The maximum atomic E-state index is 11.4. The van der Waals surface area contributed by atoms with E-state index in [1.54, 1.807) is 0 Å². The fraction of sp³-hybridized carbons (Fsp3) is 0.920. The van der Waals surface area contributed by atoms with E-state index in [-0.39, 0.29) is 11.8 Å². The molecule has 1 aromatic carbocycles. The normalized spacial score (nSPS) is 19.3. The molecule has 8 fully saturated rings. The SMILES string of the molecule is C=S1(=O)CCN(C(C)C)CC1.CC.CC.CC.CC.CC.CC.CC.CC.CC.CC(C)(C)N1CCCCC1.CC(C)N(C)c1ccccc1.CC(C)N1CCC1.CC(C)N1CCCC1.CC(C)N1CCCN1C.CC(C)N1CCCS(=O)(=O)C1.CC(C)N1CCS(=O)(=O)C1.CN1CCN(C(C)(C)C)CC1. The van der Waals surface area contributed by atoms with Gasteiger partial charge in [0.15, 0.2) is 19.7 Å². The maximum absolute atomic E-state index is 11.4. The van der Waals surface area contributed by atoms with Crippen molar-refractivity contribution in [3.8, 4) is 0 Å². The van der Waals surface area contributed by atoms with Crippen LogP contribution in [0.1, 0.15) is 314 Å². The second-order valence-electron chi connectivity index (χ2n) is 29.9. The third kappa shape index (κ3) is 66.0. The summed E-state index contributed by atoms with van der Waals surface area (Å²) < 4.78 is 55.5. The van der Waals surface area contributed by atoms with E-state index in [2.05, 4.69) is 206 Å². The monoisotopic (exact) mass is 1570 g/mol. The van der Waals surface area contributed by atoms with Gasteiger partial charge in [-0.1, -0.05) is 149 Å².